The van der Waals surface area contributed by atoms with E-state index in [0.717, 1.165) is 43.2 Å². The van der Waals surface area contributed by atoms with Gasteiger partial charge in [0.2, 0.25) is 5.91 Å². The molecule has 1 aromatic carbocycles. The Hall–Kier alpha value is -1.59. The molecule has 0 radical (unpaired) electrons. The first-order valence-electron chi connectivity index (χ1n) is 9.59. The fraction of sp³-hybridized carbons (Fsp3) is 0.650. The molecule has 0 aliphatic carbocycles. The minimum absolute atomic E-state index is 0.0116. The summed E-state index contributed by atoms with van der Waals surface area (Å²) < 4.78 is 11.6. The molecule has 1 amide bonds. The molecule has 2 bridgehead atoms. The second-order valence-corrected chi connectivity index (χ2v) is 7.77. The van der Waals surface area contributed by atoms with Gasteiger partial charge in [-0.05, 0) is 62.4 Å². The normalized spacial score (nSPS) is 31.4. The Kier molecular flexibility index (Phi) is 4.95. The molecule has 0 saturated carbocycles. The van der Waals surface area contributed by atoms with Gasteiger partial charge in [-0.25, -0.2) is 0 Å². The third-order valence-electron chi connectivity index (χ3n) is 5.75. The molecule has 0 unspecified atom stereocenters. The summed E-state index contributed by atoms with van der Waals surface area (Å²) in [5, 5.41) is 3.02. The molecule has 1 aromatic rings. The molecule has 3 aliphatic heterocycles. The number of hydrogen-bond donors (Lipinski definition) is 1. The predicted molar refractivity (Wildman–Crippen MR) is 96.8 cm³/mol. The number of fused-ring (bicyclic) bond motifs is 2. The molecule has 136 valence electrons. The van der Waals surface area contributed by atoms with Gasteiger partial charge in [0.05, 0.1) is 18.1 Å². The van der Waals surface area contributed by atoms with Crippen molar-refractivity contribution in [3.8, 4) is 5.75 Å². The standard InChI is InChI=1S/C20H28N2O3/c1-14-8-9-22(13-14)10-11-24-16-4-2-15(3-5-16)21-20(23)18-12-17-6-7-19(18)25-17/h2-5,14,17-19H,6-13H2,1H3,(H,21,23)/t14-,17+,18+,19+/m0/s1. The molecule has 0 aromatic heterocycles. The lowest BCUT2D eigenvalue weighted by atomic mass is 9.88. The number of likely N-dealkylation sites (tertiary alicyclic amines) is 1. The van der Waals surface area contributed by atoms with E-state index in [0.29, 0.717) is 12.7 Å². The molecule has 4 rings (SSSR count). The Labute approximate surface area is 149 Å². The maximum absolute atomic E-state index is 12.4. The second kappa shape index (κ2) is 7.34. The topological polar surface area (TPSA) is 50.8 Å². The Balaban J connectivity index is 1.22. The van der Waals surface area contributed by atoms with E-state index >= 15 is 0 Å². The third kappa shape index (κ3) is 3.98. The summed E-state index contributed by atoms with van der Waals surface area (Å²) in [5.41, 5.74) is 0.827. The molecule has 3 aliphatic rings. The van der Waals surface area contributed by atoms with Crippen LogP contribution in [0.2, 0.25) is 0 Å². The van der Waals surface area contributed by atoms with Crippen molar-refractivity contribution in [3.63, 3.8) is 0 Å². The van der Waals surface area contributed by atoms with Crippen LogP contribution >= 0.6 is 0 Å². The van der Waals surface area contributed by atoms with E-state index in [2.05, 4.69) is 17.1 Å². The van der Waals surface area contributed by atoms with Gasteiger partial charge < -0.3 is 14.8 Å². The number of carbonyl (C=O) groups excluding carboxylic acids is 1. The quantitative estimate of drug-likeness (QED) is 0.862. The van der Waals surface area contributed by atoms with Gasteiger partial charge in [-0.1, -0.05) is 6.92 Å². The molecule has 5 nitrogen and oxygen atoms in total. The Bertz CT molecular complexity index is 603. The van der Waals surface area contributed by atoms with E-state index in [1.54, 1.807) is 0 Å². The summed E-state index contributed by atoms with van der Waals surface area (Å²) in [5.74, 6) is 1.76. The number of ether oxygens (including phenoxy) is 2. The number of nitrogens with one attached hydrogen (secondary N) is 1. The highest BCUT2D eigenvalue weighted by atomic mass is 16.5. The van der Waals surface area contributed by atoms with Crippen LogP contribution in [0.25, 0.3) is 0 Å². The fourth-order valence-electron chi connectivity index (χ4n) is 4.31. The fourth-order valence-corrected chi connectivity index (χ4v) is 4.31. The van der Waals surface area contributed by atoms with Crippen LogP contribution in [0.3, 0.4) is 0 Å². The SMILES string of the molecule is C[C@H]1CCN(CCOc2ccc(NC(=O)[C@@H]3C[C@H]4CC[C@H]3O4)cc2)C1. The van der Waals surface area contributed by atoms with E-state index in [1.807, 2.05) is 24.3 Å². The zero-order valence-electron chi connectivity index (χ0n) is 14.9. The first-order chi connectivity index (χ1) is 12.2. The van der Waals surface area contributed by atoms with E-state index in [4.69, 9.17) is 9.47 Å². The molecule has 25 heavy (non-hydrogen) atoms. The van der Waals surface area contributed by atoms with Crippen LogP contribution < -0.4 is 10.1 Å². The minimum atomic E-state index is 0.0116. The van der Waals surface area contributed by atoms with Crippen molar-refractivity contribution in [2.45, 2.75) is 44.8 Å². The van der Waals surface area contributed by atoms with Crippen molar-refractivity contribution in [2.24, 2.45) is 11.8 Å². The van der Waals surface area contributed by atoms with Crippen LogP contribution in [0.5, 0.6) is 5.75 Å². The van der Waals surface area contributed by atoms with Crippen molar-refractivity contribution in [2.75, 3.05) is 31.6 Å². The van der Waals surface area contributed by atoms with E-state index in [-0.39, 0.29) is 17.9 Å². The number of amides is 1. The first kappa shape index (κ1) is 16.9. The lowest BCUT2D eigenvalue weighted by Crippen LogP contribution is -2.30. The number of anilines is 1. The van der Waals surface area contributed by atoms with Crippen molar-refractivity contribution in [1.82, 2.24) is 4.90 Å². The Morgan fingerprint density at radius 3 is 2.76 bits per heavy atom. The molecule has 0 spiro atoms. The van der Waals surface area contributed by atoms with Crippen LogP contribution in [0.1, 0.15) is 32.6 Å². The van der Waals surface area contributed by atoms with Crippen molar-refractivity contribution < 1.29 is 14.3 Å². The summed E-state index contributed by atoms with van der Waals surface area (Å²) in [6.45, 7) is 6.36. The van der Waals surface area contributed by atoms with Gasteiger partial charge in [0.15, 0.2) is 0 Å². The maximum atomic E-state index is 12.4. The number of hydrogen-bond acceptors (Lipinski definition) is 4. The molecule has 1 N–H and O–H groups in total. The Morgan fingerprint density at radius 2 is 2.12 bits per heavy atom. The number of nitrogens with zero attached hydrogens (tertiary/aromatic N) is 1. The summed E-state index contributed by atoms with van der Waals surface area (Å²) in [7, 11) is 0. The molecule has 4 atom stereocenters. The zero-order valence-corrected chi connectivity index (χ0v) is 14.9. The monoisotopic (exact) mass is 344 g/mol. The van der Waals surface area contributed by atoms with Gasteiger partial charge in [0.25, 0.3) is 0 Å². The third-order valence-corrected chi connectivity index (χ3v) is 5.75. The lowest BCUT2D eigenvalue weighted by molar-refractivity contribution is -0.121. The van der Waals surface area contributed by atoms with E-state index < -0.39 is 0 Å². The van der Waals surface area contributed by atoms with Crippen LogP contribution in [0.4, 0.5) is 5.69 Å². The summed E-state index contributed by atoms with van der Waals surface area (Å²) in [6, 6.07) is 7.69. The van der Waals surface area contributed by atoms with Crippen molar-refractivity contribution in [1.29, 1.82) is 0 Å². The van der Waals surface area contributed by atoms with Crippen molar-refractivity contribution >= 4 is 11.6 Å². The molecular formula is C20H28N2O3. The van der Waals surface area contributed by atoms with Gasteiger partial charge in [-0.2, -0.15) is 0 Å². The molecule has 3 saturated heterocycles. The van der Waals surface area contributed by atoms with Gasteiger partial charge in [0, 0.05) is 18.8 Å². The van der Waals surface area contributed by atoms with Crippen LogP contribution in [-0.2, 0) is 9.53 Å². The number of rotatable bonds is 6. The molecule has 3 heterocycles. The molecule has 3 fully saturated rings. The zero-order chi connectivity index (χ0) is 17.2. The van der Waals surface area contributed by atoms with Crippen LogP contribution in [0, 0.1) is 11.8 Å². The van der Waals surface area contributed by atoms with Gasteiger partial charge in [-0.15, -0.1) is 0 Å². The summed E-state index contributed by atoms with van der Waals surface area (Å²) in [6.07, 6.45) is 4.72. The van der Waals surface area contributed by atoms with Gasteiger partial charge in [0.1, 0.15) is 12.4 Å². The highest BCUT2D eigenvalue weighted by Gasteiger charge is 2.44. The first-order valence-corrected chi connectivity index (χ1v) is 9.59. The maximum Gasteiger partial charge on any atom is 0.230 e. The van der Waals surface area contributed by atoms with E-state index in [1.165, 1.54) is 19.5 Å². The summed E-state index contributed by atoms with van der Waals surface area (Å²) in [4.78, 5) is 14.9. The van der Waals surface area contributed by atoms with Crippen LogP contribution in [0.15, 0.2) is 24.3 Å². The minimum Gasteiger partial charge on any atom is -0.492 e. The van der Waals surface area contributed by atoms with Crippen molar-refractivity contribution in [3.05, 3.63) is 24.3 Å². The molecular weight excluding hydrogens is 316 g/mol. The number of carbonyl (C=O) groups is 1. The van der Waals surface area contributed by atoms with Crippen LogP contribution in [-0.4, -0.2) is 49.3 Å². The summed E-state index contributed by atoms with van der Waals surface area (Å²) >= 11 is 0. The highest BCUT2D eigenvalue weighted by molar-refractivity contribution is 5.93. The second-order valence-electron chi connectivity index (χ2n) is 7.77. The molecule has 5 heteroatoms. The highest BCUT2D eigenvalue weighted by Crippen LogP contribution is 2.39. The average Bonchev–Trinajstić information content (AvgIpc) is 3.33. The predicted octanol–water partition coefficient (Wildman–Crippen LogP) is 2.91. The van der Waals surface area contributed by atoms with Gasteiger partial charge in [-0.3, -0.25) is 9.69 Å². The smallest absolute Gasteiger partial charge is 0.230 e. The van der Waals surface area contributed by atoms with Gasteiger partial charge >= 0.3 is 0 Å². The Morgan fingerprint density at radius 1 is 1.28 bits per heavy atom. The number of benzene rings is 1. The largest absolute Gasteiger partial charge is 0.492 e. The average molecular weight is 344 g/mol. The van der Waals surface area contributed by atoms with E-state index in [9.17, 15) is 4.79 Å². The lowest BCUT2D eigenvalue weighted by Gasteiger charge is -2.18.